The number of furan rings is 1. The number of likely N-dealkylation sites (tertiary alicyclic amines) is 1. The summed E-state index contributed by atoms with van der Waals surface area (Å²) in [4.78, 5) is 14.2. The number of rotatable bonds is 1. The fraction of sp³-hybridized carbons (Fsp3) is 0.615. The van der Waals surface area contributed by atoms with Gasteiger partial charge in [0.1, 0.15) is 0 Å². The number of aryl methyl sites for hydroxylation is 1. The Morgan fingerprint density at radius 3 is 3.12 bits per heavy atom. The van der Waals surface area contributed by atoms with Gasteiger partial charge in [-0.3, -0.25) is 4.79 Å². The Morgan fingerprint density at radius 1 is 1.53 bits per heavy atom. The van der Waals surface area contributed by atoms with Crippen LogP contribution in [0.15, 0.2) is 16.7 Å². The van der Waals surface area contributed by atoms with Gasteiger partial charge in [-0.1, -0.05) is 0 Å². The van der Waals surface area contributed by atoms with Crippen molar-refractivity contribution in [2.45, 2.75) is 25.8 Å². The molecule has 2 saturated heterocycles. The first-order valence-corrected chi connectivity index (χ1v) is 6.32. The van der Waals surface area contributed by atoms with Crippen LogP contribution in [0.1, 0.15) is 29.0 Å². The zero-order valence-electron chi connectivity index (χ0n) is 10.1. The summed E-state index contributed by atoms with van der Waals surface area (Å²) in [5.41, 5.74) is 0.929. The van der Waals surface area contributed by atoms with Crippen LogP contribution in [0, 0.1) is 12.8 Å². The smallest absolute Gasteiger partial charge is 0.289 e. The Kier molecular flexibility index (Phi) is 2.67. The highest BCUT2D eigenvalue weighted by molar-refractivity contribution is 5.93. The van der Waals surface area contributed by atoms with E-state index in [1.54, 1.807) is 6.26 Å². The van der Waals surface area contributed by atoms with Gasteiger partial charge in [-0.25, -0.2) is 0 Å². The Hall–Kier alpha value is -1.29. The lowest BCUT2D eigenvalue weighted by Gasteiger charge is -2.24. The summed E-state index contributed by atoms with van der Waals surface area (Å²) in [6, 6.07) is 2.33. The SMILES string of the molecule is Cc1ccoc1C(=O)N1C[C@@H]2CCCN[C@@H]2C1. The summed E-state index contributed by atoms with van der Waals surface area (Å²) in [5.74, 6) is 1.18. The number of nitrogens with one attached hydrogen (secondary N) is 1. The fourth-order valence-corrected chi connectivity index (χ4v) is 2.95. The molecule has 0 aliphatic carbocycles. The number of amides is 1. The Labute approximate surface area is 101 Å². The minimum atomic E-state index is 0.0451. The molecular weight excluding hydrogens is 216 g/mol. The normalized spacial score (nSPS) is 28.2. The molecule has 1 aromatic heterocycles. The molecule has 0 aromatic carbocycles. The number of carbonyl (C=O) groups excluding carboxylic acids is 1. The summed E-state index contributed by atoms with van der Waals surface area (Å²) in [6.07, 6.45) is 4.05. The van der Waals surface area contributed by atoms with Crippen molar-refractivity contribution in [1.82, 2.24) is 10.2 Å². The number of piperidine rings is 1. The van der Waals surface area contributed by atoms with Crippen molar-refractivity contribution in [1.29, 1.82) is 0 Å². The van der Waals surface area contributed by atoms with Crippen LogP contribution in [0.2, 0.25) is 0 Å². The molecule has 3 rings (SSSR count). The summed E-state index contributed by atoms with van der Waals surface area (Å²) in [5, 5.41) is 3.50. The topological polar surface area (TPSA) is 45.5 Å². The van der Waals surface area contributed by atoms with E-state index in [0.29, 0.717) is 17.7 Å². The van der Waals surface area contributed by atoms with Gasteiger partial charge in [0.25, 0.3) is 5.91 Å². The largest absolute Gasteiger partial charge is 0.459 e. The molecule has 0 spiro atoms. The predicted molar refractivity (Wildman–Crippen MR) is 63.9 cm³/mol. The molecule has 4 heteroatoms. The van der Waals surface area contributed by atoms with E-state index in [-0.39, 0.29) is 5.91 Å². The molecule has 1 amide bonds. The van der Waals surface area contributed by atoms with Crippen molar-refractivity contribution in [3.8, 4) is 0 Å². The first-order chi connectivity index (χ1) is 8.25. The molecule has 2 aliphatic rings. The van der Waals surface area contributed by atoms with Crippen LogP contribution in [0.5, 0.6) is 0 Å². The van der Waals surface area contributed by atoms with E-state index in [9.17, 15) is 4.79 Å². The number of carbonyl (C=O) groups is 1. The molecule has 2 atom stereocenters. The average molecular weight is 234 g/mol. The highest BCUT2D eigenvalue weighted by Crippen LogP contribution is 2.26. The predicted octanol–water partition coefficient (Wildman–Crippen LogP) is 1.41. The van der Waals surface area contributed by atoms with Crippen molar-refractivity contribution in [3.05, 3.63) is 23.7 Å². The van der Waals surface area contributed by atoms with Gasteiger partial charge >= 0.3 is 0 Å². The third-order valence-corrected chi connectivity index (χ3v) is 3.94. The highest BCUT2D eigenvalue weighted by Gasteiger charge is 2.37. The molecule has 1 aromatic rings. The lowest BCUT2D eigenvalue weighted by Crippen LogP contribution is -2.41. The van der Waals surface area contributed by atoms with E-state index in [2.05, 4.69) is 5.32 Å². The minimum Gasteiger partial charge on any atom is -0.459 e. The van der Waals surface area contributed by atoms with Crippen molar-refractivity contribution in [2.75, 3.05) is 19.6 Å². The van der Waals surface area contributed by atoms with Crippen molar-refractivity contribution < 1.29 is 9.21 Å². The summed E-state index contributed by atoms with van der Waals surface area (Å²) >= 11 is 0. The molecule has 17 heavy (non-hydrogen) atoms. The molecule has 0 unspecified atom stereocenters. The van der Waals surface area contributed by atoms with E-state index in [4.69, 9.17) is 4.42 Å². The number of hydrogen-bond acceptors (Lipinski definition) is 3. The molecule has 2 aliphatic heterocycles. The molecule has 92 valence electrons. The molecule has 4 nitrogen and oxygen atoms in total. The maximum atomic E-state index is 12.3. The third kappa shape index (κ3) is 1.86. The van der Waals surface area contributed by atoms with E-state index in [1.165, 1.54) is 12.8 Å². The maximum absolute atomic E-state index is 12.3. The highest BCUT2D eigenvalue weighted by atomic mass is 16.3. The van der Waals surface area contributed by atoms with Gasteiger partial charge in [-0.15, -0.1) is 0 Å². The zero-order chi connectivity index (χ0) is 11.8. The van der Waals surface area contributed by atoms with Gasteiger partial charge in [0.2, 0.25) is 0 Å². The average Bonchev–Trinajstić information content (AvgIpc) is 2.93. The van der Waals surface area contributed by atoms with Crippen molar-refractivity contribution in [3.63, 3.8) is 0 Å². The van der Waals surface area contributed by atoms with Gasteiger partial charge in [-0.2, -0.15) is 0 Å². The Morgan fingerprint density at radius 2 is 2.41 bits per heavy atom. The second-order valence-corrected chi connectivity index (χ2v) is 5.11. The van der Waals surface area contributed by atoms with Crippen LogP contribution in [0.4, 0.5) is 0 Å². The van der Waals surface area contributed by atoms with Gasteiger partial charge in [0.15, 0.2) is 5.76 Å². The molecule has 3 heterocycles. The maximum Gasteiger partial charge on any atom is 0.289 e. The summed E-state index contributed by atoms with van der Waals surface area (Å²) < 4.78 is 5.28. The van der Waals surface area contributed by atoms with Crippen molar-refractivity contribution in [2.24, 2.45) is 5.92 Å². The van der Waals surface area contributed by atoms with E-state index >= 15 is 0 Å². The first kappa shape index (κ1) is 10.8. The summed E-state index contributed by atoms with van der Waals surface area (Å²) in [7, 11) is 0. The standard InChI is InChI=1S/C13H18N2O2/c1-9-4-6-17-12(9)13(16)15-7-10-3-2-5-14-11(10)8-15/h4,6,10-11,14H,2-3,5,7-8H2,1H3/t10-,11+/m0/s1. The number of nitrogens with zero attached hydrogens (tertiary/aromatic N) is 1. The Bertz CT molecular complexity index is 413. The van der Waals surface area contributed by atoms with Crippen LogP contribution < -0.4 is 5.32 Å². The van der Waals surface area contributed by atoms with E-state index < -0.39 is 0 Å². The van der Waals surface area contributed by atoms with Crippen LogP contribution in [-0.2, 0) is 0 Å². The summed E-state index contributed by atoms with van der Waals surface area (Å²) in [6.45, 7) is 4.70. The quantitative estimate of drug-likeness (QED) is 0.799. The van der Waals surface area contributed by atoms with Crippen molar-refractivity contribution >= 4 is 5.91 Å². The lowest BCUT2D eigenvalue weighted by molar-refractivity contribution is 0.0753. The fourth-order valence-electron chi connectivity index (χ4n) is 2.95. The molecule has 0 bridgehead atoms. The molecular formula is C13H18N2O2. The van der Waals surface area contributed by atoms with Gasteiger partial charge < -0.3 is 14.6 Å². The third-order valence-electron chi connectivity index (χ3n) is 3.94. The van der Waals surface area contributed by atoms with Crippen LogP contribution in [0.25, 0.3) is 0 Å². The minimum absolute atomic E-state index is 0.0451. The van der Waals surface area contributed by atoms with Gasteiger partial charge in [0.05, 0.1) is 6.26 Å². The lowest BCUT2D eigenvalue weighted by atomic mass is 9.94. The number of fused-ring (bicyclic) bond motifs is 1. The monoisotopic (exact) mass is 234 g/mol. The molecule has 0 saturated carbocycles. The van der Waals surface area contributed by atoms with Crippen LogP contribution >= 0.6 is 0 Å². The van der Waals surface area contributed by atoms with Crippen LogP contribution in [0.3, 0.4) is 0 Å². The molecule has 1 N–H and O–H groups in total. The Balaban J connectivity index is 1.74. The van der Waals surface area contributed by atoms with Crippen LogP contribution in [-0.4, -0.2) is 36.5 Å². The van der Waals surface area contributed by atoms with E-state index in [0.717, 1.165) is 25.2 Å². The second-order valence-electron chi connectivity index (χ2n) is 5.11. The first-order valence-electron chi connectivity index (χ1n) is 6.32. The molecule has 2 fully saturated rings. The van der Waals surface area contributed by atoms with Gasteiger partial charge in [0, 0.05) is 24.7 Å². The van der Waals surface area contributed by atoms with E-state index in [1.807, 2.05) is 17.9 Å². The second kappa shape index (κ2) is 4.18. The molecule has 0 radical (unpaired) electrons. The van der Waals surface area contributed by atoms with Gasteiger partial charge in [-0.05, 0) is 38.3 Å². The zero-order valence-corrected chi connectivity index (χ0v) is 10.1. The number of hydrogen-bond donors (Lipinski definition) is 1.